The summed E-state index contributed by atoms with van der Waals surface area (Å²) in [5.74, 6) is 0.944. The minimum absolute atomic E-state index is 0.187. The van der Waals surface area contributed by atoms with E-state index in [1.807, 2.05) is 12.4 Å². The van der Waals surface area contributed by atoms with E-state index in [-0.39, 0.29) is 12.3 Å². The Bertz CT molecular complexity index is 815. The number of rotatable bonds is 2. The first-order valence-corrected chi connectivity index (χ1v) is 8.26. The molecule has 2 unspecified atom stereocenters. The number of benzene rings is 2. The van der Waals surface area contributed by atoms with Gasteiger partial charge in [-0.25, -0.2) is 10.0 Å². The number of hydrogen-bond acceptors (Lipinski definition) is 6. The molecule has 3 aliphatic heterocycles. The molecule has 120 valence electrons. The van der Waals surface area contributed by atoms with Gasteiger partial charge in [0.2, 0.25) is 0 Å². The molecule has 6 heteroatoms. The molecular formula is C18H18N6. The molecule has 1 fully saturated rings. The van der Waals surface area contributed by atoms with Crippen LogP contribution < -0.4 is 10.9 Å². The quantitative estimate of drug-likeness (QED) is 0.891. The molecule has 3 heterocycles. The summed E-state index contributed by atoms with van der Waals surface area (Å²) in [5, 5.41) is 13.3. The first-order chi connectivity index (χ1) is 11.9. The van der Waals surface area contributed by atoms with Gasteiger partial charge in [0.25, 0.3) is 0 Å². The van der Waals surface area contributed by atoms with E-state index in [0.717, 1.165) is 24.2 Å². The zero-order valence-corrected chi connectivity index (χ0v) is 13.1. The highest BCUT2D eigenvalue weighted by Gasteiger charge is 2.42. The van der Waals surface area contributed by atoms with Crippen LogP contribution in [0.5, 0.6) is 0 Å². The second-order valence-corrected chi connectivity index (χ2v) is 6.18. The molecule has 24 heavy (non-hydrogen) atoms. The molecule has 1 saturated heterocycles. The summed E-state index contributed by atoms with van der Waals surface area (Å²) in [5.41, 5.74) is 9.95. The number of amidine groups is 1. The lowest BCUT2D eigenvalue weighted by Gasteiger charge is -2.42. The first-order valence-electron chi connectivity index (χ1n) is 8.26. The smallest absolute Gasteiger partial charge is 0.177 e. The van der Waals surface area contributed by atoms with Gasteiger partial charge in [0, 0.05) is 5.56 Å². The monoisotopic (exact) mass is 318 g/mol. The minimum Gasteiger partial charge on any atom is -0.284 e. The molecule has 0 spiro atoms. The maximum atomic E-state index is 4.66. The number of hydrazine groups is 1. The predicted molar refractivity (Wildman–Crippen MR) is 93.7 cm³/mol. The third-order valence-corrected chi connectivity index (χ3v) is 4.77. The topological polar surface area (TPSA) is 55.3 Å². The van der Waals surface area contributed by atoms with Gasteiger partial charge < -0.3 is 0 Å². The number of nitrogens with one attached hydrogen (secondary N) is 2. The maximum absolute atomic E-state index is 4.66. The molecule has 2 aromatic rings. The third-order valence-electron chi connectivity index (χ3n) is 4.77. The van der Waals surface area contributed by atoms with Crippen LogP contribution in [0.4, 0.5) is 0 Å². The van der Waals surface area contributed by atoms with Gasteiger partial charge in [-0.1, -0.05) is 54.6 Å². The van der Waals surface area contributed by atoms with Crippen LogP contribution in [0.3, 0.4) is 0 Å². The second-order valence-electron chi connectivity index (χ2n) is 6.18. The van der Waals surface area contributed by atoms with Gasteiger partial charge in [-0.2, -0.15) is 10.2 Å². The van der Waals surface area contributed by atoms with E-state index in [0.29, 0.717) is 0 Å². The van der Waals surface area contributed by atoms with Gasteiger partial charge in [0.15, 0.2) is 5.84 Å². The van der Waals surface area contributed by atoms with E-state index in [9.17, 15) is 0 Å². The van der Waals surface area contributed by atoms with Crippen molar-refractivity contribution in [2.45, 2.75) is 25.2 Å². The molecule has 0 saturated carbocycles. The van der Waals surface area contributed by atoms with Gasteiger partial charge in [0.05, 0.1) is 0 Å². The molecule has 0 aliphatic carbocycles. The summed E-state index contributed by atoms with van der Waals surface area (Å²) in [4.78, 5) is 0. The molecule has 0 bridgehead atoms. The van der Waals surface area contributed by atoms with E-state index in [4.69, 9.17) is 0 Å². The molecule has 5 rings (SSSR count). The van der Waals surface area contributed by atoms with Crippen LogP contribution in [0.15, 0.2) is 64.8 Å². The molecule has 0 aromatic heterocycles. The SMILES string of the molecule is C1=NNC2CCC3NN=C(c4ccccc4-c4ccccc4)N3N12. The largest absolute Gasteiger partial charge is 0.284 e. The van der Waals surface area contributed by atoms with Gasteiger partial charge >= 0.3 is 0 Å². The zero-order chi connectivity index (χ0) is 15.9. The Hall–Kier alpha value is -3.02. The lowest BCUT2D eigenvalue weighted by molar-refractivity contribution is 0.000129. The summed E-state index contributed by atoms with van der Waals surface area (Å²) in [6.07, 6.45) is 4.32. The Morgan fingerprint density at radius 3 is 2.46 bits per heavy atom. The van der Waals surface area contributed by atoms with Crippen molar-refractivity contribution in [3.05, 3.63) is 60.2 Å². The van der Waals surface area contributed by atoms with Gasteiger partial charge in [0.1, 0.15) is 18.7 Å². The van der Waals surface area contributed by atoms with Crippen molar-refractivity contribution in [1.29, 1.82) is 0 Å². The average molecular weight is 318 g/mol. The van der Waals surface area contributed by atoms with Crippen molar-refractivity contribution in [3.63, 3.8) is 0 Å². The highest BCUT2D eigenvalue weighted by molar-refractivity contribution is 6.05. The van der Waals surface area contributed by atoms with Crippen molar-refractivity contribution in [3.8, 4) is 11.1 Å². The molecule has 3 aliphatic rings. The van der Waals surface area contributed by atoms with Gasteiger partial charge in [-0.15, -0.1) is 0 Å². The Morgan fingerprint density at radius 2 is 1.58 bits per heavy atom. The van der Waals surface area contributed by atoms with Gasteiger partial charge in [-0.3, -0.25) is 10.9 Å². The fourth-order valence-electron chi connectivity index (χ4n) is 3.61. The van der Waals surface area contributed by atoms with Crippen LogP contribution in [-0.4, -0.2) is 34.5 Å². The van der Waals surface area contributed by atoms with E-state index < -0.39 is 0 Å². The van der Waals surface area contributed by atoms with Crippen LogP contribution in [0.1, 0.15) is 18.4 Å². The summed E-state index contributed by atoms with van der Waals surface area (Å²) >= 11 is 0. The molecule has 2 aromatic carbocycles. The van der Waals surface area contributed by atoms with Crippen molar-refractivity contribution in [2.24, 2.45) is 10.2 Å². The standard InChI is InChI=1S/C18H18N6/c1-2-6-13(7-3-1)14-8-4-5-9-15(14)18-22-21-17-11-10-16-20-19-12-23(16)24(17)18/h1-9,12,16-17,20-21H,10-11H2. The number of hydrogen-bond donors (Lipinski definition) is 2. The van der Waals surface area contributed by atoms with Crippen LogP contribution in [0, 0.1) is 0 Å². The number of fused-ring (bicyclic) bond motifs is 3. The molecular weight excluding hydrogens is 300 g/mol. The van der Waals surface area contributed by atoms with E-state index >= 15 is 0 Å². The fourth-order valence-corrected chi connectivity index (χ4v) is 3.61. The summed E-state index contributed by atoms with van der Waals surface area (Å²) in [6, 6.07) is 18.9. The van der Waals surface area contributed by atoms with Gasteiger partial charge in [-0.05, 0) is 24.0 Å². The lowest BCUT2D eigenvalue weighted by Crippen LogP contribution is -2.59. The highest BCUT2D eigenvalue weighted by atomic mass is 15.8. The summed E-state index contributed by atoms with van der Waals surface area (Å²) < 4.78 is 0. The van der Waals surface area contributed by atoms with Crippen LogP contribution >= 0.6 is 0 Å². The Morgan fingerprint density at radius 1 is 0.833 bits per heavy atom. The average Bonchev–Trinajstić information content (AvgIpc) is 3.28. The normalized spacial score (nSPS) is 24.1. The molecule has 2 N–H and O–H groups in total. The Labute approximate surface area is 140 Å². The minimum atomic E-state index is 0.187. The molecule has 2 atom stereocenters. The maximum Gasteiger partial charge on any atom is 0.177 e. The van der Waals surface area contributed by atoms with Crippen LogP contribution in [0.25, 0.3) is 11.1 Å². The second kappa shape index (κ2) is 5.26. The molecule has 0 radical (unpaired) electrons. The lowest BCUT2D eigenvalue weighted by atomic mass is 9.98. The molecule has 6 nitrogen and oxygen atoms in total. The number of hydrazone groups is 2. The van der Waals surface area contributed by atoms with Crippen LogP contribution in [-0.2, 0) is 0 Å². The van der Waals surface area contributed by atoms with Crippen molar-refractivity contribution in [1.82, 2.24) is 20.9 Å². The highest BCUT2D eigenvalue weighted by Crippen LogP contribution is 2.31. The van der Waals surface area contributed by atoms with Crippen molar-refractivity contribution >= 4 is 12.2 Å². The third kappa shape index (κ3) is 1.96. The Balaban J connectivity index is 1.59. The van der Waals surface area contributed by atoms with E-state index in [2.05, 4.69) is 79.6 Å². The number of nitrogens with zero attached hydrogens (tertiary/aromatic N) is 4. The van der Waals surface area contributed by atoms with Crippen molar-refractivity contribution in [2.75, 3.05) is 0 Å². The predicted octanol–water partition coefficient (Wildman–Crippen LogP) is 2.13. The molecule has 0 amide bonds. The van der Waals surface area contributed by atoms with E-state index in [1.54, 1.807) is 0 Å². The summed E-state index contributed by atoms with van der Waals surface area (Å²) in [6.45, 7) is 0. The van der Waals surface area contributed by atoms with Crippen LogP contribution in [0.2, 0.25) is 0 Å². The first kappa shape index (κ1) is 13.4. The van der Waals surface area contributed by atoms with E-state index in [1.165, 1.54) is 11.1 Å². The summed E-state index contributed by atoms with van der Waals surface area (Å²) in [7, 11) is 0. The zero-order valence-electron chi connectivity index (χ0n) is 13.1. The fraction of sp³-hybridized carbons (Fsp3) is 0.222. The Kier molecular flexibility index (Phi) is 2.94. The van der Waals surface area contributed by atoms with Crippen molar-refractivity contribution < 1.29 is 0 Å².